The van der Waals surface area contributed by atoms with E-state index in [0.717, 1.165) is 36.7 Å². The molecule has 0 spiro atoms. The van der Waals surface area contributed by atoms with Crippen molar-refractivity contribution < 1.29 is 19.4 Å². The molecule has 8 heteroatoms. The highest BCUT2D eigenvalue weighted by atomic mass is 79.9. The van der Waals surface area contributed by atoms with Crippen LogP contribution in [0.4, 0.5) is 0 Å². The molecule has 0 bridgehead atoms. The maximum Gasteiger partial charge on any atom is 0.295 e. The van der Waals surface area contributed by atoms with E-state index >= 15 is 0 Å². The van der Waals surface area contributed by atoms with Gasteiger partial charge in [-0.15, -0.1) is 0 Å². The standard InChI is InChI=1S/C28H22Br2N2O4/c1-36-21-9-10-23-22(14-21)18(15-31-23)11-12-32-25(17-3-2-4-20(30)13-17)24(27(34)28(32)35)26(33)16-5-7-19(29)8-6-16/h2-10,13-15,25,31,33H,11-12H2,1H3/t25-/m1/s1. The summed E-state index contributed by atoms with van der Waals surface area (Å²) in [6, 6.07) is 19.5. The van der Waals surface area contributed by atoms with Crippen molar-refractivity contribution in [3.8, 4) is 5.75 Å². The molecule has 1 aromatic heterocycles. The number of aromatic nitrogens is 1. The second-order valence-corrected chi connectivity index (χ2v) is 10.4. The fourth-order valence-electron chi connectivity index (χ4n) is 4.63. The number of H-pyrrole nitrogens is 1. The predicted octanol–water partition coefficient (Wildman–Crippen LogP) is 6.37. The Bertz CT molecular complexity index is 1510. The summed E-state index contributed by atoms with van der Waals surface area (Å²) in [4.78, 5) is 31.4. The molecule has 1 fully saturated rings. The molecule has 1 aliphatic heterocycles. The molecular weight excluding hydrogens is 588 g/mol. The summed E-state index contributed by atoms with van der Waals surface area (Å²) < 4.78 is 7.03. The largest absolute Gasteiger partial charge is 0.507 e. The number of aliphatic hydroxyl groups excluding tert-OH is 1. The lowest BCUT2D eigenvalue weighted by atomic mass is 9.95. The van der Waals surface area contributed by atoms with E-state index in [9.17, 15) is 14.7 Å². The van der Waals surface area contributed by atoms with E-state index in [1.165, 1.54) is 0 Å². The number of Topliss-reactive ketones (excluding diaryl/α,β-unsaturated/α-hetero) is 1. The lowest BCUT2D eigenvalue weighted by Gasteiger charge is -2.25. The Kier molecular flexibility index (Phi) is 6.73. The average Bonchev–Trinajstić information content (AvgIpc) is 3.40. The van der Waals surface area contributed by atoms with Crippen LogP contribution in [-0.4, -0.2) is 40.3 Å². The number of ether oxygens (including phenoxy) is 1. The first-order valence-electron chi connectivity index (χ1n) is 11.3. The Balaban J connectivity index is 1.56. The van der Waals surface area contributed by atoms with Crippen LogP contribution in [-0.2, 0) is 16.0 Å². The molecule has 6 nitrogen and oxygen atoms in total. The molecule has 1 atom stereocenters. The zero-order valence-electron chi connectivity index (χ0n) is 19.3. The molecule has 0 unspecified atom stereocenters. The summed E-state index contributed by atoms with van der Waals surface area (Å²) in [6.07, 6.45) is 2.43. The molecule has 2 N–H and O–H groups in total. The molecule has 1 amide bonds. The number of hydrogen-bond acceptors (Lipinski definition) is 4. The van der Waals surface area contributed by atoms with Gasteiger partial charge in [-0.05, 0) is 60.0 Å². The molecule has 2 heterocycles. The van der Waals surface area contributed by atoms with Gasteiger partial charge in [0.1, 0.15) is 11.5 Å². The van der Waals surface area contributed by atoms with Gasteiger partial charge >= 0.3 is 0 Å². The van der Waals surface area contributed by atoms with Crippen molar-refractivity contribution in [2.24, 2.45) is 0 Å². The Morgan fingerprint density at radius 3 is 2.53 bits per heavy atom. The molecule has 5 rings (SSSR count). The minimum absolute atomic E-state index is 0.0843. The van der Waals surface area contributed by atoms with Crippen LogP contribution >= 0.6 is 31.9 Å². The van der Waals surface area contributed by atoms with Crippen LogP contribution in [0.3, 0.4) is 0 Å². The van der Waals surface area contributed by atoms with Crippen molar-refractivity contribution in [1.82, 2.24) is 9.88 Å². The maximum absolute atomic E-state index is 13.3. The zero-order valence-corrected chi connectivity index (χ0v) is 22.5. The van der Waals surface area contributed by atoms with Crippen LogP contribution < -0.4 is 4.74 Å². The average molecular weight is 610 g/mol. The number of amides is 1. The Labute approximate surface area is 224 Å². The summed E-state index contributed by atoms with van der Waals surface area (Å²) in [7, 11) is 1.62. The highest BCUT2D eigenvalue weighted by Crippen LogP contribution is 2.40. The first-order valence-corrected chi connectivity index (χ1v) is 12.9. The van der Waals surface area contributed by atoms with Gasteiger partial charge in [0.15, 0.2) is 0 Å². The summed E-state index contributed by atoms with van der Waals surface area (Å²) >= 11 is 6.88. The van der Waals surface area contributed by atoms with Crippen LogP contribution in [0, 0.1) is 0 Å². The monoisotopic (exact) mass is 608 g/mol. The van der Waals surface area contributed by atoms with Crippen molar-refractivity contribution in [3.05, 3.63) is 104 Å². The fourth-order valence-corrected chi connectivity index (χ4v) is 5.31. The van der Waals surface area contributed by atoms with Crippen LogP contribution in [0.1, 0.15) is 22.7 Å². The van der Waals surface area contributed by atoms with Crippen LogP contribution in [0.2, 0.25) is 0 Å². The summed E-state index contributed by atoms with van der Waals surface area (Å²) in [5.41, 5.74) is 3.27. The number of carbonyl (C=O) groups is 2. The molecule has 182 valence electrons. The lowest BCUT2D eigenvalue weighted by molar-refractivity contribution is -0.139. The maximum atomic E-state index is 13.3. The first-order chi connectivity index (χ1) is 17.4. The first kappa shape index (κ1) is 24.3. The number of halogens is 2. The number of ketones is 1. The Hall–Kier alpha value is -3.36. The van der Waals surface area contributed by atoms with Crippen molar-refractivity contribution in [1.29, 1.82) is 0 Å². The molecule has 1 saturated heterocycles. The van der Waals surface area contributed by atoms with Gasteiger partial charge in [0, 0.05) is 38.2 Å². The van der Waals surface area contributed by atoms with Crippen LogP contribution in [0.15, 0.2) is 87.4 Å². The fraction of sp³-hybridized carbons (Fsp3) is 0.143. The third-order valence-corrected chi connectivity index (χ3v) is 7.44. The molecule has 4 aromatic rings. The van der Waals surface area contributed by atoms with E-state index in [0.29, 0.717) is 18.5 Å². The predicted molar refractivity (Wildman–Crippen MR) is 146 cm³/mol. The van der Waals surface area contributed by atoms with E-state index in [2.05, 4.69) is 36.8 Å². The number of rotatable bonds is 6. The quantitative estimate of drug-likeness (QED) is 0.151. The van der Waals surface area contributed by atoms with Crippen molar-refractivity contribution in [2.45, 2.75) is 12.5 Å². The molecule has 0 aliphatic carbocycles. The number of nitrogens with zero attached hydrogens (tertiary/aromatic N) is 1. The summed E-state index contributed by atoms with van der Waals surface area (Å²) in [5, 5.41) is 12.2. The smallest absolute Gasteiger partial charge is 0.295 e. The molecule has 36 heavy (non-hydrogen) atoms. The second kappa shape index (κ2) is 9.95. The highest BCUT2D eigenvalue weighted by molar-refractivity contribution is 9.10. The van der Waals surface area contributed by atoms with Crippen molar-refractivity contribution >= 4 is 60.2 Å². The van der Waals surface area contributed by atoms with Crippen LogP contribution in [0.25, 0.3) is 16.7 Å². The van der Waals surface area contributed by atoms with E-state index in [1.54, 1.807) is 36.3 Å². The number of nitrogens with one attached hydrogen (secondary N) is 1. The minimum atomic E-state index is -0.717. The number of likely N-dealkylation sites (tertiary alicyclic amines) is 1. The topological polar surface area (TPSA) is 82.6 Å². The van der Waals surface area contributed by atoms with Crippen molar-refractivity contribution in [2.75, 3.05) is 13.7 Å². The third-order valence-electron chi connectivity index (χ3n) is 6.42. The van der Waals surface area contributed by atoms with Crippen molar-refractivity contribution in [3.63, 3.8) is 0 Å². The summed E-state index contributed by atoms with van der Waals surface area (Å²) in [6.45, 7) is 0.295. The van der Waals surface area contributed by atoms with Gasteiger partial charge in [-0.3, -0.25) is 9.59 Å². The lowest BCUT2D eigenvalue weighted by Crippen LogP contribution is -2.31. The third kappa shape index (κ3) is 4.47. The van der Waals surface area contributed by atoms with Gasteiger partial charge in [0.25, 0.3) is 11.7 Å². The number of carbonyl (C=O) groups excluding carboxylic acids is 2. The normalized spacial score (nSPS) is 17.2. The molecule has 0 saturated carbocycles. The van der Waals surface area contributed by atoms with Gasteiger partial charge in [-0.1, -0.05) is 56.1 Å². The van der Waals surface area contributed by atoms with Gasteiger partial charge < -0.3 is 19.7 Å². The van der Waals surface area contributed by atoms with Gasteiger partial charge in [-0.25, -0.2) is 0 Å². The van der Waals surface area contributed by atoms with E-state index < -0.39 is 17.7 Å². The number of fused-ring (bicyclic) bond motifs is 1. The van der Waals surface area contributed by atoms with E-state index in [1.807, 2.05) is 48.7 Å². The second-order valence-electron chi connectivity index (χ2n) is 8.53. The SMILES string of the molecule is COc1ccc2[nH]cc(CCN3C(=O)C(=O)C(=C(O)c4ccc(Br)cc4)[C@H]3c3cccc(Br)c3)c2c1. The zero-order chi connectivity index (χ0) is 25.4. The number of aromatic amines is 1. The van der Waals surface area contributed by atoms with Crippen LogP contribution in [0.5, 0.6) is 5.75 Å². The van der Waals surface area contributed by atoms with Gasteiger partial charge in [0.05, 0.1) is 18.7 Å². The number of hydrogen-bond donors (Lipinski definition) is 2. The molecule has 3 aromatic carbocycles. The molecule has 0 radical (unpaired) electrons. The molecular formula is C28H22Br2N2O4. The molecule has 1 aliphatic rings. The highest BCUT2D eigenvalue weighted by Gasteiger charge is 2.45. The van der Waals surface area contributed by atoms with E-state index in [-0.39, 0.29) is 11.3 Å². The van der Waals surface area contributed by atoms with Gasteiger partial charge in [-0.2, -0.15) is 0 Å². The van der Waals surface area contributed by atoms with Gasteiger partial charge in [0.2, 0.25) is 0 Å². The summed E-state index contributed by atoms with van der Waals surface area (Å²) in [5.74, 6) is -0.769. The Morgan fingerprint density at radius 2 is 1.81 bits per heavy atom. The Morgan fingerprint density at radius 1 is 1.03 bits per heavy atom. The number of methoxy groups -OCH3 is 1. The minimum Gasteiger partial charge on any atom is -0.507 e. The number of benzene rings is 3. The number of aliphatic hydroxyl groups is 1. The van der Waals surface area contributed by atoms with E-state index in [4.69, 9.17) is 4.74 Å².